The molecule has 0 spiro atoms. The lowest BCUT2D eigenvalue weighted by molar-refractivity contribution is 0.194. The molecule has 0 radical (unpaired) electrons. The first-order valence-corrected chi connectivity index (χ1v) is 9.89. The van der Waals surface area contributed by atoms with Crippen LogP contribution in [-0.2, 0) is 6.54 Å². The summed E-state index contributed by atoms with van der Waals surface area (Å²) in [6.07, 6.45) is 4.22. The summed E-state index contributed by atoms with van der Waals surface area (Å²) >= 11 is 0. The molecule has 0 saturated heterocycles. The molecule has 0 aliphatic heterocycles. The number of nitrogens with zero attached hydrogens (tertiary/aromatic N) is 3. The normalized spacial score (nSPS) is 18.6. The van der Waals surface area contributed by atoms with Crippen LogP contribution in [-0.4, -0.2) is 26.0 Å². The van der Waals surface area contributed by atoms with Gasteiger partial charge in [-0.25, -0.2) is 4.79 Å². The maximum Gasteiger partial charge on any atom is 0.404 e. The summed E-state index contributed by atoms with van der Waals surface area (Å²) in [6, 6.07) is 11.4. The Kier molecular flexibility index (Phi) is 5.39. The number of hydrogen-bond acceptors (Lipinski definition) is 5. The van der Waals surface area contributed by atoms with Gasteiger partial charge >= 0.3 is 6.09 Å². The fourth-order valence-electron chi connectivity index (χ4n) is 4.07. The zero-order chi connectivity index (χ0) is 21.1. The zero-order valence-corrected chi connectivity index (χ0v) is 16.3. The first-order valence-electron chi connectivity index (χ1n) is 9.89. The van der Waals surface area contributed by atoms with Crippen LogP contribution >= 0.6 is 0 Å². The molecule has 0 bridgehead atoms. The van der Waals surface area contributed by atoms with Crippen LogP contribution in [0.15, 0.2) is 41.3 Å². The van der Waals surface area contributed by atoms with E-state index < -0.39 is 6.09 Å². The molecule has 2 aromatic heterocycles. The second-order valence-electron chi connectivity index (χ2n) is 7.43. The summed E-state index contributed by atoms with van der Waals surface area (Å²) in [5, 5.41) is 29.1. The van der Waals surface area contributed by atoms with Crippen molar-refractivity contribution >= 4 is 28.5 Å². The van der Waals surface area contributed by atoms with Crippen LogP contribution in [0.25, 0.3) is 10.9 Å². The largest absolute Gasteiger partial charge is 0.465 e. The van der Waals surface area contributed by atoms with Gasteiger partial charge in [-0.2, -0.15) is 10.4 Å². The summed E-state index contributed by atoms with van der Waals surface area (Å²) in [5.74, 6) is 0.275. The minimum absolute atomic E-state index is 0.0744. The van der Waals surface area contributed by atoms with E-state index in [-0.39, 0.29) is 24.1 Å². The molecule has 2 atom stereocenters. The van der Waals surface area contributed by atoms with E-state index in [1.807, 2.05) is 22.9 Å². The number of aromatic amines is 1. The Hall–Kier alpha value is -3.80. The Balaban J connectivity index is 1.72. The third-order valence-corrected chi connectivity index (χ3v) is 5.47. The zero-order valence-electron chi connectivity index (χ0n) is 16.3. The molecule has 4 rings (SSSR count). The number of nitrogens with one attached hydrogen (secondary N) is 3. The van der Waals surface area contributed by atoms with Crippen LogP contribution < -0.4 is 16.2 Å². The molecule has 2 heterocycles. The Morgan fingerprint density at radius 3 is 2.97 bits per heavy atom. The highest BCUT2D eigenvalue weighted by Crippen LogP contribution is 2.36. The minimum atomic E-state index is -1.09. The van der Waals surface area contributed by atoms with Crippen molar-refractivity contribution in [3.05, 3.63) is 52.4 Å². The van der Waals surface area contributed by atoms with Gasteiger partial charge in [-0.3, -0.25) is 9.48 Å². The lowest BCUT2D eigenvalue weighted by Gasteiger charge is -2.27. The van der Waals surface area contributed by atoms with Crippen LogP contribution in [0.1, 0.15) is 37.3 Å². The van der Waals surface area contributed by atoms with Crippen molar-refractivity contribution in [2.75, 3.05) is 5.32 Å². The predicted molar refractivity (Wildman–Crippen MR) is 112 cm³/mol. The SMILES string of the molecule is N#CC1CCCCC1n1nc(Nc2cccc(CNC(=O)O)c2)c2c(=O)[nH]ccc21. The van der Waals surface area contributed by atoms with Gasteiger partial charge in [-0.05, 0) is 36.6 Å². The fraction of sp³-hybridized carbons (Fsp3) is 0.333. The molecular weight excluding hydrogens is 384 g/mol. The van der Waals surface area contributed by atoms with E-state index in [2.05, 4.69) is 21.7 Å². The highest BCUT2D eigenvalue weighted by atomic mass is 16.4. The topological polar surface area (TPSA) is 136 Å². The van der Waals surface area contributed by atoms with Crippen LogP contribution in [0.5, 0.6) is 0 Å². The van der Waals surface area contributed by atoms with Crippen LogP contribution in [0.2, 0.25) is 0 Å². The minimum Gasteiger partial charge on any atom is -0.465 e. The Bertz CT molecular complexity index is 1180. The highest BCUT2D eigenvalue weighted by Gasteiger charge is 2.29. The maximum absolute atomic E-state index is 12.6. The molecule has 1 fully saturated rings. The van der Waals surface area contributed by atoms with Gasteiger partial charge in [0.2, 0.25) is 0 Å². The van der Waals surface area contributed by atoms with E-state index in [1.165, 1.54) is 0 Å². The van der Waals surface area contributed by atoms with Crippen molar-refractivity contribution in [3.8, 4) is 6.07 Å². The lowest BCUT2D eigenvalue weighted by Crippen LogP contribution is -2.23. The lowest BCUT2D eigenvalue weighted by atomic mass is 9.85. The van der Waals surface area contributed by atoms with Crippen molar-refractivity contribution in [1.82, 2.24) is 20.1 Å². The number of carboxylic acid groups (broad SMARTS) is 1. The van der Waals surface area contributed by atoms with Crippen LogP contribution in [0.3, 0.4) is 0 Å². The van der Waals surface area contributed by atoms with E-state index in [0.717, 1.165) is 31.2 Å². The summed E-state index contributed by atoms with van der Waals surface area (Å²) in [6.45, 7) is 0.173. The van der Waals surface area contributed by atoms with Crippen molar-refractivity contribution in [1.29, 1.82) is 5.26 Å². The number of amides is 1. The van der Waals surface area contributed by atoms with Gasteiger partial charge in [0.05, 0.1) is 23.5 Å². The number of carbonyl (C=O) groups is 1. The first kappa shape index (κ1) is 19.5. The van der Waals surface area contributed by atoms with Crippen LogP contribution in [0.4, 0.5) is 16.3 Å². The number of rotatable bonds is 5. The Morgan fingerprint density at radius 1 is 1.33 bits per heavy atom. The molecule has 4 N–H and O–H groups in total. The first-order chi connectivity index (χ1) is 14.6. The molecule has 1 aromatic carbocycles. The Labute approximate surface area is 172 Å². The van der Waals surface area contributed by atoms with E-state index in [4.69, 9.17) is 10.2 Å². The number of anilines is 2. The van der Waals surface area contributed by atoms with Gasteiger partial charge in [0, 0.05) is 18.4 Å². The summed E-state index contributed by atoms with van der Waals surface area (Å²) < 4.78 is 1.82. The number of benzene rings is 1. The standard InChI is InChI=1S/C21H22N6O3/c22-11-14-5-1-2-7-16(14)27-17-8-9-23-20(28)18(17)19(26-27)25-15-6-3-4-13(10-15)12-24-21(29)30/h3-4,6,8-10,14,16,24H,1-2,5,7,12H2,(H,23,28)(H,25,26)(H,29,30). The van der Waals surface area contributed by atoms with Crippen molar-refractivity contribution in [2.24, 2.45) is 5.92 Å². The molecule has 1 aliphatic carbocycles. The summed E-state index contributed by atoms with van der Waals surface area (Å²) in [4.78, 5) is 26.0. The average Bonchev–Trinajstić information content (AvgIpc) is 3.12. The molecule has 1 saturated carbocycles. The molecule has 2 unspecified atom stereocenters. The van der Waals surface area contributed by atoms with E-state index in [1.54, 1.807) is 18.3 Å². The molecule has 9 nitrogen and oxygen atoms in total. The number of H-pyrrole nitrogens is 1. The molecule has 1 aliphatic rings. The molecular formula is C21H22N6O3. The smallest absolute Gasteiger partial charge is 0.404 e. The van der Waals surface area contributed by atoms with Crippen molar-refractivity contribution < 1.29 is 9.90 Å². The summed E-state index contributed by atoms with van der Waals surface area (Å²) in [5.41, 5.74) is 1.90. The Morgan fingerprint density at radius 2 is 2.17 bits per heavy atom. The number of hydrogen-bond donors (Lipinski definition) is 4. The third kappa shape index (κ3) is 3.85. The third-order valence-electron chi connectivity index (χ3n) is 5.47. The second-order valence-corrected chi connectivity index (χ2v) is 7.43. The van der Waals surface area contributed by atoms with Gasteiger partial charge < -0.3 is 20.7 Å². The van der Waals surface area contributed by atoms with E-state index in [9.17, 15) is 14.9 Å². The number of pyridine rings is 1. The molecule has 30 heavy (non-hydrogen) atoms. The average molecular weight is 406 g/mol. The van der Waals surface area contributed by atoms with Gasteiger partial charge in [0.1, 0.15) is 5.39 Å². The van der Waals surface area contributed by atoms with E-state index >= 15 is 0 Å². The van der Waals surface area contributed by atoms with Gasteiger partial charge in [-0.1, -0.05) is 25.0 Å². The number of aromatic nitrogens is 3. The van der Waals surface area contributed by atoms with Gasteiger partial charge in [0.25, 0.3) is 5.56 Å². The summed E-state index contributed by atoms with van der Waals surface area (Å²) in [7, 11) is 0. The monoisotopic (exact) mass is 406 g/mol. The predicted octanol–water partition coefficient (Wildman–Crippen LogP) is 3.49. The quantitative estimate of drug-likeness (QED) is 0.512. The number of nitriles is 1. The van der Waals surface area contributed by atoms with E-state index in [0.29, 0.717) is 22.4 Å². The molecule has 1 amide bonds. The van der Waals surface area contributed by atoms with Gasteiger partial charge in [0.15, 0.2) is 5.82 Å². The second kappa shape index (κ2) is 8.29. The molecule has 9 heteroatoms. The molecule has 154 valence electrons. The molecule has 3 aromatic rings. The van der Waals surface area contributed by atoms with Crippen molar-refractivity contribution in [3.63, 3.8) is 0 Å². The van der Waals surface area contributed by atoms with Crippen LogP contribution in [0, 0.1) is 17.2 Å². The van der Waals surface area contributed by atoms with Crippen molar-refractivity contribution in [2.45, 2.75) is 38.3 Å². The fourth-order valence-corrected chi connectivity index (χ4v) is 4.07. The maximum atomic E-state index is 12.6. The van der Waals surface area contributed by atoms with Gasteiger partial charge in [-0.15, -0.1) is 0 Å². The highest BCUT2D eigenvalue weighted by molar-refractivity contribution is 5.91. The number of fused-ring (bicyclic) bond motifs is 1.